The Bertz CT molecular complexity index is 736. The molecular weight excluding hydrogens is 347 g/mol. The molecule has 1 unspecified atom stereocenters. The van der Waals surface area contributed by atoms with Gasteiger partial charge < -0.3 is 9.64 Å². The van der Waals surface area contributed by atoms with E-state index in [0.29, 0.717) is 24.5 Å². The molecule has 3 rings (SSSR count). The van der Waals surface area contributed by atoms with Gasteiger partial charge in [-0.05, 0) is 36.6 Å². The SMILES string of the molecule is O=C(Cc1ccc(C(F)(F)F)cc1)N1CCCC(Oc2cccnn2)C1. The number of alkyl halides is 3. The normalized spacial score (nSPS) is 17.8. The molecular formula is C18H18F3N3O2. The number of benzene rings is 1. The molecule has 5 nitrogen and oxygen atoms in total. The number of ether oxygens (including phenoxy) is 1. The number of halogens is 3. The van der Waals surface area contributed by atoms with Gasteiger partial charge in [0.1, 0.15) is 6.10 Å². The van der Waals surface area contributed by atoms with Crippen LogP contribution in [0.5, 0.6) is 5.88 Å². The number of nitrogens with zero attached hydrogens (tertiary/aromatic N) is 3. The van der Waals surface area contributed by atoms with Crippen LogP contribution in [0.15, 0.2) is 42.6 Å². The quantitative estimate of drug-likeness (QED) is 0.836. The molecule has 0 aliphatic carbocycles. The molecule has 0 spiro atoms. The maximum atomic E-state index is 12.6. The predicted molar refractivity (Wildman–Crippen MR) is 87.4 cm³/mol. The summed E-state index contributed by atoms with van der Waals surface area (Å²) in [5, 5.41) is 7.62. The number of carbonyl (C=O) groups is 1. The van der Waals surface area contributed by atoms with Crippen molar-refractivity contribution in [1.82, 2.24) is 15.1 Å². The number of likely N-dealkylation sites (tertiary alicyclic amines) is 1. The number of rotatable bonds is 4. The third kappa shape index (κ3) is 4.71. The summed E-state index contributed by atoms with van der Waals surface area (Å²) in [6, 6.07) is 8.11. The molecule has 1 aromatic carbocycles. The van der Waals surface area contributed by atoms with Crippen LogP contribution >= 0.6 is 0 Å². The summed E-state index contributed by atoms with van der Waals surface area (Å²) in [4.78, 5) is 14.2. The fourth-order valence-electron chi connectivity index (χ4n) is 2.88. The lowest BCUT2D eigenvalue weighted by Crippen LogP contribution is -2.45. The Morgan fingerprint density at radius 3 is 2.65 bits per heavy atom. The number of carbonyl (C=O) groups excluding carboxylic acids is 1. The largest absolute Gasteiger partial charge is 0.471 e. The second-order valence-electron chi connectivity index (χ2n) is 6.16. The van der Waals surface area contributed by atoms with Gasteiger partial charge in [0, 0.05) is 18.8 Å². The molecule has 2 aromatic rings. The summed E-state index contributed by atoms with van der Waals surface area (Å²) in [7, 11) is 0. The minimum absolute atomic E-state index is 0.0655. The van der Waals surface area contributed by atoms with Crippen LogP contribution in [0.2, 0.25) is 0 Å². The van der Waals surface area contributed by atoms with Gasteiger partial charge in [-0.3, -0.25) is 4.79 Å². The standard InChI is InChI=1S/C18H18F3N3O2/c19-18(20,21)14-7-5-13(6-8-14)11-17(25)24-10-2-3-15(12-24)26-16-4-1-9-22-23-16/h1,4-9,15H,2-3,10-12H2. The Morgan fingerprint density at radius 2 is 2.00 bits per heavy atom. The summed E-state index contributed by atoms with van der Waals surface area (Å²) < 4.78 is 43.5. The highest BCUT2D eigenvalue weighted by Crippen LogP contribution is 2.29. The maximum absolute atomic E-state index is 12.6. The van der Waals surface area contributed by atoms with E-state index in [0.717, 1.165) is 25.0 Å². The summed E-state index contributed by atoms with van der Waals surface area (Å²) in [6.07, 6.45) is -1.33. The van der Waals surface area contributed by atoms with Crippen LogP contribution in [0.25, 0.3) is 0 Å². The molecule has 1 amide bonds. The highest BCUT2D eigenvalue weighted by atomic mass is 19.4. The molecule has 0 bridgehead atoms. The van der Waals surface area contributed by atoms with Crippen LogP contribution in [-0.2, 0) is 17.4 Å². The van der Waals surface area contributed by atoms with E-state index in [2.05, 4.69) is 10.2 Å². The van der Waals surface area contributed by atoms with E-state index in [4.69, 9.17) is 4.74 Å². The number of piperidine rings is 1. The number of hydrogen-bond acceptors (Lipinski definition) is 4. The van der Waals surface area contributed by atoms with Crippen LogP contribution in [0.4, 0.5) is 13.2 Å². The smallest absolute Gasteiger partial charge is 0.416 e. The Balaban J connectivity index is 1.57. The van der Waals surface area contributed by atoms with E-state index < -0.39 is 11.7 Å². The number of aromatic nitrogens is 2. The van der Waals surface area contributed by atoms with Crippen molar-refractivity contribution in [2.45, 2.75) is 31.5 Å². The summed E-state index contributed by atoms with van der Waals surface area (Å²) in [5.41, 5.74) is -0.163. The second kappa shape index (κ2) is 7.72. The highest BCUT2D eigenvalue weighted by Gasteiger charge is 2.30. The van der Waals surface area contributed by atoms with Gasteiger partial charge in [-0.1, -0.05) is 12.1 Å². The van der Waals surface area contributed by atoms with Crippen molar-refractivity contribution in [1.29, 1.82) is 0 Å². The van der Waals surface area contributed by atoms with E-state index in [1.54, 1.807) is 23.2 Å². The van der Waals surface area contributed by atoms with Gasteiger partial charge in [0.2, 0.25) is 11.8 Å². The van der Waals surface area contributed by atoms with Crippen LogP contribution in [0, 0.1) is 0 Å². The summed E-state index contributed by atoms with van der Waals surface area (Å²) in [6.45, 7) is 1.04. The highest BCUT2D eigenvalue weighted by molar-refractivity contribution is 5.79. The Kier molecular flexibility index (Phi) is 5.39. The lowest BCUT2D eigenvalue weighted by Gasteiger charge is -2.32. The van der Waals surface area contributed by atoms with Crippen molar-refractivity contribution < 1.29 is 22.7 Å². The monoisotopic (exact) mass is 365 g/mol. The lowest BCUT2D eigenvalue weighted by atomic mass is 10.1. The molecule has 1 saturated heterocycles. The molecule has 8 heteroatoms. The zero-order valence-electron chi connectivity index (χ0n) is 13.9. The van der Waals surface area contributed by atoms with Gasteiger partial charge in [0.15, 0.2) is 0 Å². The zero-order valence-corrected chi connectivity index (χ0v) is 13.9. The predicted octanol–water partition coefficient (Wildman–Crippen LogP) is 3.11. The van der Waals surface area contributed by atoms with Crippen molar-refractivity contribution in [3.05, 3.63) is 53.7 Å². The molecule has 138 valence electrons. The van der Waals surface area contributed by atoms with Gasteiger partial charge in [-0.2, -0.15) is 18.3 Å². The molecule has 26 heavy (non-hydrogen) atoms. The van der Waals surface area contributed by atoms with Crippen molar-refractivity contribution >= 4 is 5.91 Å². The Morgan fingerprint density at radius 1 is 1.23 bits per heavy atom. The van der Waals surface area contributed by atoms with Crippen molar-refractivity contribution in [2.24, 2.45) is 0 Å². The van der Waals surface area contributed by atoms with E-state index in [1.807, 2.05) is 0 Å². The molecule has 0 N–H and O–H groups in total. The van der Waals surface area contributed by atoms with E-state index in [9.17, 15) is 18.0 Å². The van der Waals surface area contributed by atoms with Crippen LogP contribution in [0.3, 0.4) is 0 Å². The van der Waals surface area contributed by atoms with E-state index in [-0.39, 0.29) is 18.4 Å². The number of amides is 1. The molecule has 0 saturated carbocycles. The van der Waals surface area contributed by atoms with Crippen molar-refractivity contribution in [3.8, 4) is 5.88 Å². The first kappa shape index (κ1) is 18.2. The molecule has 1 aliphatic heterocycles. The second-order valence-corrected chi connectivity index (χ2v) is 6.16. The van der Waals surface area contributed by atoms with Crippen molar-refractivity contribution in [3.63, 3.8) is 0 Å². The van der Waals surface area contributed by atoms with Gasteiger partial charge >= 0.3 is 6.18 Å². The average Bonchev–Trinajstić information content (AvgIpc) is 2.62. The van der Waals surface area contributed by atoms with Crippen LogP contribution in [-0.4, -0.2) is 40.2 Å². The molecule has 1 atom stereocenters. The molecule has 1 aromatic heterocycles. The fraction of sp³-hybridized carbons (Fsp3) is 0.389. The molecule has 0 radical (unpaired) electrons. The first-order chi connectivity index (χ1) is 12.4. The van der Waals surface area contributed by atoms with Crippen LogP contribution < -0.4 is 4.74 Å². The van der Waals surface area contributed by atoms with Crippen LogP contribution in [0.1, 0.15) is 24.0 Å². The molecule has 1 aliphatic rings. The van der Waals surface area contributed by atoms with E-state index in [1.165, 1.54) is 12.1 Å². The third-order valence-electron chi connectivity index (χ3n) is 4.20. The first-order valence-corrected chi connectivity index (χ1v) is 8.30. The first-order valence-electron chi connectivity index (χ1n) is 8.30. The minimum atomic E-state index is -4.37. The topological polar surface area (TPSA) is 55.3 Å². The van der Waals surface area contributed by atoms with Gasteiger partial charge in [-0.25, -0.2) is 0 Å². The van der Waals surface area contributed by atoms with E-state index >= 15 is 0 Å². The van der Waals surface area contributed by atoms with Gasteiger partial charge in [0.05, 0.1) is 18.5 Å². The molecule has 1 fully saturated rings. The summed E-state index contributed by atoms with van der Waals surface area (Å²) >= 11 is 0. The minimum Gasteiger partial charge on any atom is -0.471 e. The van der Waals surface area contributed by atoms with Crippen molar-refractivity contribution in [2.75, 3.05) is 13.1 Å². The molecule has 2 heterocycles. The lowest BCUT2D eigenvalue weighted by molar-refractivity contribution is -0.137. The average molecular weight is 365 g/mol. The fourth-order valence-corrected chi connectivity index (χ4v) is 2.88. The maximum Gasteiger partial charge on any atom is 0.416 e. The Hall–Kier alpha value is -2.64. The zero-order chi connectivity index (χ0) is 18.6. The van der Waals surface area contributed by atoms with Gasteiger partial charge in [0.25, 0.3) is 0 Å². The Labute approximate surface area is 148 Å². The van der Waals surface area contributed by atoms with Gasteiger partial charge in [-0.15, -0.1) is 5.10 Å². The summed E-state index contributed by atoms with van der Waals surface area (Å²) in [5.74, 6) is 0.284. The number of hydrogen-bond donors (Lipinski definition) is 0. The third-order valence-corrected chi connectivity index (χ3v) is 4.20.